The predicted octanol–water partition coefficient (Wildman–Crippen LogP) is 6.48. The first-order valence-corrected chi connectivity index (χ1v) is 15.3. The third-order valence-electron chi connectivity index (χ3n) is 7.49. The van der Waals surface area contributed by atoms with Crippen LogP contribution in [0, 0.1) is 13.8 Å². The van der Waals surface area contributed by atoms with Gasteiger partial charge in [-0.05, 0) is 76.4 Å². The molecule has 1 unspecified atom stereocenters. The van der Waals surface area contributed by atoms with E-state index in [1.54, 1.807) is 6.20 Å². The Morgan fingerprint density at radius 3 is 2.09 bits per heavy atom. The van der Waals surface area contributed by atoms with E-state index in [0.29, 0.717) is 30.8 Å². The number of aryl methyl sites for hydroxylation is 2. The third kappa shape index (κ3) is 8.35. The number of nitrogens with zero attached hydrogens (tertiary/aromatic N) is 4. The Morgan fingerprint density at radius 2 is 1.47 bits per heavy atom. The maximum atomic E-state index is 13.3. The predicted molar refractivity (Wildman–Crippen MR) is 177 cm³/mol. The molecule has 8 heteroatoms. The highest BCUT2D eigenvalue weighted by Crippen LogP contribution is 2.22. The van der Waals surface area contributed by atoms with Crippen LogP contribution in [-0.2, 0) is 28.9 Å². The molecule has 232 valence electrons. The summed E-state index contributed by atoms with van der Waals surface area (Å²) in [5.74, 6) is -0.128. The monoisotopic (exact) mass is 603 g/mol. The molecule has 0 aliphatic heterocycles. The second-order valence-corrected chi connectivity index (χ2v) is 12.5. The maximum Gasteiger partial charge on any atom is 0.437 e. The van der Waals surface area contributed by atoms with Crippen molar-refractivity contribution >= 4 is 23.0 Å². The van der Waals surface area contributed by atoms with E-state index in [9.17, 15) is 9.59 Å². The quantitative estimate of drug-likeness (QED) is 0.209. The van der Waals surface area contributed by atoms with E-state index in [2.05, 4.69) is 86.8 Å². The largest absolute Gasteiger partial charge is 0.442 e. The fourth-order valence-corrected chi connectivity index (χ4v) is 5.33. The second-order valence-electron chi connectivity index (χ2n) is 12.5. The number of amides is 2. The molecule has 1 N–H and O–H groups in total. The van der Waals surface area contributed by atoms with Gasteiger partial charge in [0.2, 0.25) is 11.5 Å². The Morgan fingerprint density at radius 1 is 0.844 bits per heavy atom. The van der Waals surface area contributed by atoms with Crippen molar-refractivity contribution in [3.8, 4) is 0 Å². The summed E-state index contributed by atoms with van der Waals surface area (Å²) in [5.41, 5.74) is 6.81. The van der Waals surface area contributed by atoms with Gasteiger partial charge < -0.3 is 19.2 Å². The van der Waals surface area contributed by atoms with Gasteiger partial charge in [0.25, 0.3) is 0 Å². The van der Waals surface area contributed by atoms with E-state index >= 15 is 0 Å². The molecule has 0 aliphatic carbocycles. The minimum Gasteiger partial charge on any atom is -0.442 e. The molecule has 3 aromatic carbocycles. The van der Waals surface area contributed by atoms with Crippen LogP contribution in [0.4, 0.5) is 4.79 Å². The van der Waals surface area contributed by atoms with Crippen LogP contribution in [0.2, 0.25) is 0 Å². The lowest BCUT2D eigenvalue weighted by Gasteiger charge is -2.22. The van der Waals surface area contributed by atoms with Crippen LogP contribution in [0.3, 0.4) is 0 Å². The number of imidazole rings is 1. The van der Waals surface area contributed by atoms with Gasteiger partial charge in [0, 0.05) is 18.4 Å². The second kappa shape index (κ2) is 13.8. The van der Waals surface area contributed by atoms with E-state index in [4.69, 9.17) is 4.74 Å². The summed E-state index contributed by atoms with van der Waals surface area (Å²) < 4.78 is 9.82. The fraction of sp³-hybridized carbons (Fsp3) is 0.297. The van der Waals surface area contributed by atoms with Gasteiger partial charge in [0.05, 0.1) is 30.0 Å². The van der Waals surface area contributed by atoms with Crippen molar-refractivity contribution in [2.75, 3.05) is 6.54 Å². The van der Waals surface area contributed by atoms with Crippen molar-refractivity contribution < 1.29 is 14.3 Å². The van der Waals surface area contributed by atoms with Crippen molar-refractivity contribution in [2.24, 2.45) is 4.99 Å². The zero-order chi connectivity index (χ0) is 32.0. The summed E-state index contributed by atoms with van der Waals surface area (Å²) in [6.07, 6.45) is 1.79. The van der Waals surface area contributed by atoms with Crippen LogP contribution in [0.1, 0.15) is 54.8 Å². The van der Waals surface area contributed by atoms with Crippen molar-refractivity contribution in [3.63, 3.8) is 0 Å². The number of fused-ring (bicyclic) bond motifs is 1. The zero-order valence-electron chi connectivity index (χ0n) is 26.7. The number of ether oxygens (including phenoxy) is 1. The molecular formula is C37H41N5O3. The Labute approximate surface area is 264 Å². The number of pyridine rings is 1. The highest BCUT2D eigenvalue weighted by atomic mass is 16.6. The molecule has 0 spiro atoms. The van der Waals surface area contributed by atoms with Gasteiger partial charge in [-0.1, -0.05) is 77.9 Å². The van der Waals surface area contributed by atoms with E-state index in [1.165, 1.54) is 11.1 Å². The molecule has 5 aromatic rings. The number of hydrogen-bond donors (Lipinski definition) is 1. The van der Waals surface area contributed by atoms with Crippen LogP contribution >= 0.6 is 0 Å². The molecule has 0 fully saturated rings. The number of carbonyl (C=O) groups is 2. The molecule has 2 heterocycles. The van der Waals surface area contributed by atoms with Crippen molar-refractivity contribution in [2.45, 2.75) is 65.6 Å². The smallest absolute Gasteiger partial charge is 0.437 e. The number of aromatic nitrogens is 3. The number of rotatable bonds is 9. The molecule has 0 bridgehead atoms. The van der Waals surface area contributed by atoms with Gasteiger partial charge in [0.1, 0.15) is 5.60 Å². The van der Waals surface area contributed by atoms with Gasteiger partial charge in [-0.15, -0.1) is 4.99 Å². The van der Waals surface area contributed by atoms with Gasteiger partial charge in [-0.2, -0.15) is 0 Å². The lowest BCUT2D eigenvalue weighted by atomic mass is 10.0. The molecular weight excluding hydrogens is 562 g/mol. The standard InChI is InChI=1S/C37H41N5O3/c1-26-13-17-28(18-14-26)22-31(24-39-34(43)23-30-10-8-9-21-38-30)42-33-12-7-6-11-32(33)41(25-29-19-15-27(2)16-20-29)35(42)40-36(44)45-37(3,4)5/h6-21,31H,22-25H2,1-5H3,(H,39,43). The summed E-state index contributed by atoms with van der Waals surface area (Å²) in [6.45, 7) is 10.4. The Bertz CT molecular complexity index is 1830. The van der Waals surface area contributed by atoms with E-state index in [-0.39, 0.29) is 18.4 Å². The molecule has 5 rings (SSSR count). The highest BCUT2D eigenvalue weighted by molar-refractivity contribution is 5.79. The molecule has 2 aromatic heterocycles. The summed E-state index contributed by atoms with van der Waals surface area (Å²) in [6, 6.07) is 30.0. The van der Waals surface area contributed by atoms with E-state index < -0.39 is 11.7 Å². The third-order valence-corrected chi connectivity index (χ3v) is 7.49. The molecule has 2 amide bonds. The number of nitrogens with one attached hydrogen (secondary N) is 1. The van der Waals surface area contributed by atoms with Gasteiger partial charge in [0.15, 0.2) is 0 Å². The lowest BCUT2D eigenvalue weighted by Crippen LogP contribution is -2.38. The number of para-hydroxylation sites is 2. The first kappa shape index (κ1) is 31.4. The topological polar surface area (TPSA) is 90.5 Å². The van der Waals surface area contributed by atoms with Crippen molar-refractivity contribution in [1.82, 2.24) is 19.4 Å². The summed E-state index contributed by atoms with van der Waals surface area (Å²) in [4.78, 5) is 35.4. The number of carbonyl (C=O) groups excluding carboxylic acids is 2. The van der Waals surface area contributed by atoms with Gasteiger partial charge in [-0.3, -0.25) is 9.78 Å². The SMILES string of the molecule is Cc1ccc(CC(CNC(=O)Cc2ccccn2)n2c(=NC(=O)OC(C)(C)C)n(Cc3ccc(C)cc3)c3ccccc32)cc1. The Balaban J connectivity index is 1.64. The van der Waals surface area contributed by atoms with Gasteiger partial charge >= 0.3 is 6.09 Å². The maximum absolute atomic E-state index is 13.3. The average molecular weight is 604 g/mol. The Kier molecular flexibility index (Phi) is 9.62. The zero-order valence-corrected chi connectivity index (χ0v) is 26.7. The van der Waals surface area contributed by atoms with Crippen LogP contribution in [0.15, 0.2) is 102 Å². The molecule has 0 saturated carbocycles. The number of benzene rings is 3. The van der Waals surface area contributed by atoms with E-state index in [0.717, 1.165) is 22.2 Å². The molecule has 8 nitrogen and oxygen atoms in total. The summed E-state index contributed by atoms with van der Waals surface area (Å²) in [7, 11) is 0. The van der Waals surface area contributed by atoms with Crippen LogP contribution in [0.5, 0.6) is 0 Å². The minimum atomic E-state index is -0.708. The van der Waals surface area contributed by atoms with E-state index in [1.807, 2.05) is 63.2 Å². The molecule has 1 atom stereocenters. The van der Waals surface area contributed by atoms with Crippen molar-refractivity contribution in [3.05, 3.63) is 131 Å². The summed E-state index contributed by atoms with van der Waals surface area (Å²) >= 11 is 0. The van der Waals surface area contributed by atoms with Crippen LogP contribution < -0.4 is 10.9 Å². The first-order chi connectivity index (χ1) is 21.6. The normalized spacial score (nSPS) is 12.7. The summed E-state index contributed by atoms with van der Waals surface area (Å²) in [5, 5.41) is 3.14. The minimum absolute atomic E-state index is 0.128. The first-order valence-electron chi connectivity index (χ1n) is 15.3. The molecule has 0 radical (unpaired) electrons. The van der Waals surface area contributed by atoms with Gasteiger partial charge in [-0.25, -0.2) is 4.79 Å². The average Bonchev–Trinajstić information content (AvgIpc) is 3.29. The Hall–Kier alpha value is -4.98. The van der Waals surface area contributed by atoms with Crippen LogP contribution in [0.25, 0.3) is 11.0 Å². The molecule has 0 aliphatic rings. The van der Waals surface area contributed by atoms with Crippen molar-refractivity contribution in [1.29, 1.82) is 0 Å². The molecule has 0 saturated heterocycles. The highest BCUT2D eigenvalue weighted by Gasteiger charge is 2.23. The molecule has 45 heavy (non-hydrogen) atoms. The number of hydrogen-bond acceptors (Lipinski definition) is 4. The lowest BCUT2D eigenvalue weighted by molar-refractivity contribution is -0.120. The van der Waals surface area contributed by atoms with Crippen LogP contribution in [-0.4, -0.2) is 38.3 Å². The fourth-order valence-electron chi connectivity index (χ4n) is 5.33.